The smallest absolute Gasteiger partial charge is 0.226 e. The molecule has 0 aliphatic heterocycles. The summed E-state index contributed by atoms with van der Waals surface area (Å²) < 4.78 is 7.86. The van der Waals surface area contributed by atoms with Gasteiger partial charge in [0, 0.05) is 0 Å². The van der Waals surface area contributed by atoms with Crippen LogP contribution in [-0.4, -0.2) is 13.8 Å². The SMILES string of the molecule is FC(Cl)C(Cl)(Cl)C(Cl)(Cl)Cl. The van der Waals surface area contributed by atoms with E-state index in [9.17, 15) is 4.39 Å². The van der Waals surface area contributed by atoms with E-state index in [-0.39, 0.29) is 0 Å². The van der Waals surface area contributed by atoms with Gasteiger partial charge in [0.25, 0.3) is 0 Å². The lowest BCUT2D eigenvalue weighted by Crippen LogP contribution is -2.37. The van der Waals surface area contributed by atoms with E-state index in [4.69, 9.17) is 69.6 Å². The average molecular weight is 269 g/mol. The summed E-state index contributed by atoms with van der Waals surface area (Å²) in [5.74, 6) is 0. The number of hydrogen-bond donors (Lipinski definition) is 0. The maximum Gasteiger partial charge on any atom is 0.227 e. The number of hydrogen-bond acceptors (Lipinski definition) is 0. The van der Waals surface area contributed by atoms with Crippen LogP contribution >= 0.6 is 69.6 Å². The fraction of sp³-hybridized carbons (Fsp3) is 1.00. The summed E-state index contributed by atoms with van der Waals surface area (Å²) >= 11 is 30.8. The standard InChI is InChI=1S/C3HCl6F/c4-1(10)2(5,6)3(7,8)9/h1H. The third-order valence-corrected chi connectivity index (χ3v) is 3.63. The normalized spacial score (nSPS) is 17.1. The zero-order chi connectivity index (χ0) is 8.58. The molecule has 0 aliphatic carbocycles. The first-order chi connectivity index (χ1) is 4.19. The Labute approximate surface area is 87.5 Å². The number of halogens is 7. The highest BCUT2D eigenvalue weighted by Gasteiger charge is 2.52. The molecule has 0 heterocycles. The molecule has 0 aromatic rings. The fourth-order valence-corrected chi connectivity index (χ4v) is 0.742. The van der Waals surface area contributed by atoms with Gasteiger partial charge in [-0.05, 0) is 0 Å². The molecule has 0 aliphatic rings. The third kappa shape index (κ3) is 2.62. The molecule has 0 rings (SSSR count). The molecule has 0 fully saturated rings. The van der Waals surface area contributed by atoms with Gasteiger partial charge in [-0.1, -0.05) is 69.6 Å². The average Bonchev–Trinajstić information content (AvgIpc) is 1.62. The highest BCUT2D eigenvalue weighted by atomic mass is 35.6. The molecule has 0 nitrogen and oxygen atoms in total. The minimum absolute atomic E-state index is 2.14. The second kappa shape index (κ2) is 3.59. The summed E-state index contributed by atoms with van der Waals surface area (Å²) in [6.07, 6.45) is 0. The summed E-state index contributed by atoms with van der Waals surface area (Å²) in [5.41, 5.74) is -2.14. The van der Waals surface area contributed by atoms with Crippen LogP contribution in [0.3, 0.4) is 0 Å². The van der Waals surface area contributed by atoms with Crippen LogP contribution in [0, 0.1) is 0 Å². The third-order valence-electron chi connectivity index (χ3n) is 0.652. The van der Waals surface area contributed by atoms with E-state index in [0.29, 0.717) is 0 Å². The van der Waals surface area contributed by atoms with Crippen molar-refractivity contribution in [3.05, 3.63) is 0 Å². The Morgan fingerprint density at radius 3 is 1.30 bits per heavy atom. The van der Waals surface area contributed by atoms with Crippen LogP contribution in [0.1, 0.15) is 0 Å². The summed E-state index contributed by atoms with van der Waals surface area (Å²) in [6, 6.07) is 0. The Balaban J connectivity index is 4.40. The lowest BCUT2D eigenvalue weighted by atomic mass is 10.5. The Kier molecular flexibility index (Phi) is 4.19. The predicted octanol–water partition coefficient (Wildman–Crippen LogP) is 4.06. The molecule has 62 valence electrons. The predicted molar refractivity (Wildman–Crippen MR) is 45.5 cm³/mol. The minimum Gasteiger partial charge on any atom is -0.226 e. The molecule has 0 saturated carbocycles. The van der Waals surface area contributed by atoms with E-state index in [1.807, 2.05) is 0 Å². The summed E-state index contributed by atoms with van der Waals surface area (Å²) in [5, 5.41) is 0. The lowest BCUT2D eigenvalue weighted by Gasteiger charge is -2.26. The monoisotopic (exact) mass is 266 g/mol. The Bertz CT molecular complexity index is 115. The maximum absolute atomic E-state index is 12.2. The lowest BCUT2D eigenvalue weighted by molar-refractivity contribution is 0.407. The topological polar surface area (TPSA) is 0 Å². The van der Waals surface area contributed by atoms with Crippen molar-refractivity contribution < 1.29 is 4.39 Å². The molecule has 1 unspecified atom stereocenters. The summed E-state index contributed by atoms with van der Waals surface area (Å²) in [4.78, 5) is 0. The first-order valence-electron chi connectivity index (χ1n) is 1.92. The quantitative estimate of drug-likeness (QED) is 0.629. The Hall–Kier alpha value is 1.67. The van der Waals surface area contributed by atoms with Crippen LogP contribution < -0.4 is 0 Å². The molecule has 0 aromatic heterocycles. The molecule has 10 heavy (non-hydrogen) atoms. The van der Waals surface area contributed by atoms with E-state index in [1.165, 1.54) is 0 Å². The van der Waals surface area contributed by atoms with Gasteiger partial charge >= 0.3 is 0 Å². The number of rotatable bonds is 1. The Morgan fingerprint density at radius 2 is 1.30 bits per heavy atom. The van der Waals surface area contributed by atoms with E-state index in [1.54, 1.807) is 0 Å². The molecule has 0 N–H and O–H groups in total. The van der Waals surface area contributed by atoms with Crippen molar-refractivity contribution in [2.24, 2.45) is 0 Å². The van der Waals surface area contributed by atoms with E-state index in [0.717, 1.165) is 0 Å². The molecule has 7 heteroatoms. The molecule has 0 spiro atoms. The zero-order valence-corrected chi connectivity index (χ0v) is 8.76. The summed E-state index contributed by atoms with van der Waals surface area (Å²) in [6.45, 7) is 0. The van der Waals surface area contributed by atoms with Crippen molar-refractivity contribution in [1.29, 1.82) is 0 Å². The van der Waals surface area contributed by atoms with Crippen LogP contribution in [0.4, 0.5) is 4.39 Å². The van der Waals surface area contributed by atoms with Crippen molar-refractivity contribution in [3.8, 4) is 0 Å². The fourth-order valence-electron chi connectivity index (χ4n) is 0.124. The molecule has 0 bridgehead atoms. The van der Waals surface area contributed by atoms with Crippen molar-refractivity contribution >= 4 is 69.6 Å². The van der Waals surface area contributed by atoms with Crippen LogP contribution in [-0.2, 0) is 0 Å². The largest absolute Gasteiger partial charge is 0.227 e. The number of alkyl halides is 7. The van der Waals surface area contributed by atoms with E-state index >= 15 is 0 Å². The molecule has 0 amide bonds. The van der Waals surface area contributed by atoms with Crippen LogP contribution in [0.15, 0.2) is 0 Å². The van der Waals surface area contributed by atoms with Crippen molar-refractivity contribution in [2.45, 2.75) is 13.8 Å². The highest BCUT2D eigenvalue weighted by molar-refractivity contribution is 6.76. The van der Waals surface area contributed by atoms with Gasteiger partial charge in [0.1, 0.15) is 0 Å². The molecule has 1 atom stereocenters. The Morgan fingerprint density at radius 1 is 1.00 bits per heavy atom. The first kappa shape index (κ1) is 11.7. The maximum atomic E-state index is 12.2. The molecular formula is C3HCl6F. The highest BCUT2D eigenvalue weighted by Crippen LogP contribution is 2.49. The van der Waals surface area contributed by atoms with Gasteiger partial charge in [-0.15, -0.1) is 0 Å². The van der Waals surface area contributed by atoms with Gasteiger partial charge in [0.15, 0.2) is 0 Å². The molecular weight excluding hydrogens is 268 g/mol. The molecule has 0 saturated heterocycles. The van der Waals surface area contributed by atoms with Gasteiger partial charge in [0.2, 0.25) is 13.8 Å². The minimum atomic E-state index is -2.22. The van der Waals surface area contributed by atoms with Crippen molar-refractivity contribution in [2.75, 3.05) is 0 Å². The van der Waals surface area contributed by atoms with Gasteiger partial charge in [-0.3, -0.25) is 0 Å². The second-order valence-electron chi connectivity index (χ2n) is 1.42. The van der Waals surface area contributed by atoms with Crippen molar-refractivity contribution in [3.63, 3.8) is 0 Å². The van der Waals surface area contributed by atoms with Gasteiger partial charge in [-0.25, -0.2) is 4.39 Å². The van der Waals surface area contributed by atoms with Crippen LogP contribution in [0.2, 0.25) is 0 Å². The van der Waals surface area contributed by atoms with Crippen molar-refractivity contribution in [1.82, 2.24) is 0 Å². The second-order valence-corrected chi connectivity index (χ2v) is 5.47. The van der Waals surface area contributed by atoms with Crippen LogP contribution in [0.25, 0.3) is 0 Å². The molecule has 0 aromatic carbocycles. The summed E-state index contributed by atoms with van der Waals surface area (Å²) in [7, 11) is 0. The van der Waals surface area contributed by atoms with E-state index in [2.05, 4.69) is 0 Å². The van der Waals surface area contributed by atoms with Gasteiger partial charge in [-0.2, -0.15) is 0 Å². The van der Waals surface area contributed by atoms with Gasteiger partial charge in [0.05, 0.1) is 0 Å². The van der Waals surface area contributed by atoms with Crippen LogP contribution in [0.5, 0.6) is 0 Å². The zero-order valence-electron chi connectivity index (χ0n) is 4.22. The molecule has 0 radical (unpaired) electrons. The first-order valence-corrected chi connectivity index (χ1v) is 4.25. The van der Waals surface area contributed by atoms with E-state index < -0.39 is 13.8 Å². The van der Waals surface area contributed by atoms with Gasteiger partial charge < -0.3 is 0 Å².